The zero-order chi connectivity index (χ0) is 24.9. The van der Waals surface area contributed by atoms with Crippen molar-refractivity contribution in [3.8, 4) is 0 Å². The molecule has 35 heavy (non-hydrogen) atoms. The number of rotatable bonds is 4. The maximum atomic E-state index is 13.8. The van der Waals surface area contributed by atoms with Crippen molar-refractivity contribution in [2.75, 3.05) is 0 Å². The SMILES string of the molecule is CC1=C(C(=O)OC(C)C)[C@@H](c2ccc(Cl)cc2)n2c(sc(=Cc3c(C)[nH]c4ccccc34)c2=O)=N1. The molecule has 1 N–H and O–H groups in total. The predicted octanol–water partition coefficient (Wildman–Crippen LogP) is 4.63. The molecule has 3 heterocycles. The number of esters is 1. The standard InChI is InChI=1S/C27H24ClN3O3S/c1-14(2)34-26(33)23-16(4)30-27-31(24(23)17-9-11-18(28)12-10-17)25(32)22(35-27)13-20-15(3)29-21-8-6-5-7-19(20)21/h5-14,24,29H,1-4H3/t24-/m1/s1. The summed E-state index contributed by atoms with van der Waals surface area (Å²) >= 11 is 7.44. The van der Waals surface area contributed by atoms with Crippen molar-refractivity contribution in [2.24, 2.45) is 4.99 Å². The molecule has 0 bridgehead atoms. The Bertz CT molecular complexity index is 1670. The molecule has 0 saturated carbocycles. The molecule has 178 valence electrons. The molecular formula is C27H24ClN3O3S. The Labute approximate surface area is 210 Å². The molecule has 4 aromatic rings. The lowest BCUT2D eigenvalue weighted by molar-refractivity contribution is -0.143. The number of fused-ring (bicyclic) bond motifs is 2. The van der Waals surface area contributed by atoms with Gasteiger partial charge in [0.25, 0.3) is 5.56 Å². The number of aryl methyl sites for hydroxylation is 1. The van der Waals surface area contributed by atoms with E-state index in [1.807, 2.05) is 49.4 Å². The molecule has 2 aromatic carbocycles. The van der Waals surface area contributed by atoms with E-state index in [1.165, 1.54) is 11.3 Å². The number of hydrogen-bond donors (Lipinski definition) is 1. The maximum absolute atomic E-state index is 13.8. The molecule has 5 rings (SSSR count). The van der Waals surface area contributed by atoms with Gasteiger partial charge in [-0.2, -0.15) is 0 Å². The van der Waals surface area contributed by atoms with Gasteiger partial charge in [0.15, 0.2) is 4.80 Å². The number of allylic oxidation sites excluding steroid dienone is 1. The van der Waals surface area contributed by atoms with Gasteiger partial charge >= 0.3 is 5.97 Å². The molecule has 0 aliphatic carbocycles. The van der Waals surface area contributed by atoms with Gasteiger partial charge in [-0.3, -0.25) is 9.36 Å². The number of benzene rings is 2. The highest BCUT2D eigenvalue weighted by Crippen LogP contribution is 2.31. The van der Waals surface area contributed by atoms with Crippen molar-refractivity contribution in [2.45, 2.75) is 39.8 Å². The van der Waals surface area contributed by atoms with Crippen LogP contribution in [0.3, 0.4) is 0 Å². The van der Waals surface area contributed by atoms with Crippen molar-refractivity contribution >= 4 is 45.9 Å². The summed E-state index contributed by atoms with van der Waals surface area (Å²) < 4.78 is 7.67. The van der Waals surface area contributed by atoms with Gasteiger partial charge in [-0.1, -0.05) is 53.3 Å². The lowest BCUT2D eigenvalue weighted by atomic mass is 9.96. The summed E-state index contributed by atoms with van der Waals surface area (Å²) in [6.07, 6.45) is 1.60. The second-order valence-corrected chi connectivity index (χ2v) is 10.2. The fourth-order valence-corrected chi connectivity index (χ4v) is 5.59. The molecule has 0 unspecified atom stereocenters. The summed E-state index contributed by atoms with van der Waals surface area (Å²) in [5, 5.41) is 1.62. The van der Waals surface area contributed by atoms with Crippen LogP contribution in [0.2, 0.25) is 5.02 Å². The van der Waals surface area contributed by atoms with E-state index in [1.54, 1.807) is 37.5 Å². The highest BCUT2D eigenvalue weighted by atomic mass is 35.5. The molecule has 6 nitrogen and oxygen atoms in total. The fourth-order valence-electron chi connectivity index (χ4n) is 4.44. The van der Waals surface area contributed by atoms with Crippen molar-refractivity contribution < 1.29 is 9.53 Å². The largest absolute Gasteiger partial charge is 0.459 e. The summed E-state index contributed by atoms with van der Waals surface area (Å²) in [5.41, 5.74) is 4.39. The van der Waals surface area contributed by atoms with Gasteiger partial charge in [-0.15, -0.1) is 0 Å². The first kappa shape index (κ1) is 23.3. The first-order chi connectivity index (χ1) is 16.7. The minimum absolute atomic E-state index is 0.208. The van der Waals surface area contributed by atoms with Crippen LogP contribution in [-0.2, 0) is 9.53 Å². The zero-order valence-corrected chi connectivity index (χ0v) is 21.3. The number of aromatic amines is 1. The highest BCUT2D eigenvalue weighted by Gasteiger charge is 2.33. The quantitative estimate of drug-likeness (QED) is 0.411. The average molecular weight is 506 g/mol. The molecule has 1 atom stereocenters. The van der Waals surface area contributed by atoms with Crippen molar-refractivity contribution in [3.05, 3.63) is 101 Å². The fraction of sp³-hybridized carbons (Fsp3) is 0.222. The molecule has 0 saturated heterocycles. The summed E-state index contributed by atoms with van der Waals surface area (Å²) in [5.74, 6) is -0.483. The van der Waals surface area contributed by atoms with Crippen LogP contribution in [0.5, 0.6) is 0 Å². The number of H-pyrrole nitrogens is 1. The zero-order valence-electron chi connectivity index (χ0n) is 19.8. The van der Waals surface area contributed by atoms with Crippen LogP contribution in [0.15, 0.2) is 69.6 Å². The van der Waals surface area contributed by atoms with E-state index in [0.717, 1.165) is 27.7 Å². The molecule has 0 fully saturated rings. The van der Waals surface area contributed by atoms with E-state index < -0.39 is 12.0 Å². The number of hydrogen-bond acceptors (Lipinski definition) is 5. The van der Waals surface area contributed by atoms with Gasteiger partial charge in [0.05, 0.1) is 27.9 Å². The van der Waals surface area contributed by atoms with E-state index >= 15 is 0 Å². The van der Waals surface area contributed by atoms with Crippen LogP contribution in [0.1, 0.15) is 43.6 Å². The van der Waals surface area contributed by atoms with Crippen LogP contribution in [0.4, 0.5) is 0 Å². The topological polar surface area (TPSA) is 76.5 Å². The van der Waals surface area contributed by atoms with E-state index in [0.29, 0.717) is 25.6 Å². The summed E-state index contributed by atoms with van der Waals surface area (Å²) in [6, 6.07) is 14.5. The van der Waals surface area contributed by atoms with Crippen LogP contribution in [0, 0.1) is 6.92 Å². The van der Waals surface area contributed by atoms with Gasteiger partial charge in [0.1, 0.15) is 0 Å². The number of halogens is 1. The minimum atomic E-state index is -0.666. The summed E-state index contributed by atoms with van der Waals surface area (Å²) in [7, 11) is 0. The Kier molecular flexibility index (Phi) is 5.99. The van der Waals surface area contributed by atoms with Gasteiger partial charge in [0.2, 0.25) is 0 Å². The van der Waals surface area contributed by atoms with E-state index in [-0.39, 0.29) is 11.7 Å². The molecule has 1 aliphatic rings. The van der Waals surface area contributed by atoms with Crippen LogP contribution in [-0.4, -0.2) is 21.6 Å². The Balaban J connectivity index is 1.75. The first-order valence-electron chi connectivity index (χ1n) is 11.3. The van der Waals surface area contributed by atoms with Crippen LogP contribution >= 0.6 is 22.9 Å². The molecule has 0 radical (unpaired) electrons. The number of thiazole rings is 1. The summed E-state index contributed by atoms with van der Waals surface area (Å²) in [4.78, 5) is 35.5. The molecule has 2 aromatic heterocycles. The van der Waals surface area contributed by atoms with Gasteiger partial charge in [-0.25, -0.2) is 9.79 Å². The number of ether oxygens (including phenoxy) is 1. The van der Waals surface area contributed by atoms with Gasteiger partial charge in [0, 0.05) is 27.2 Å². The number of aromatic nitrogens is 2. The molecule has 0 spiro atoms. The third-order valence-corrected chi connectivity index (χ3v) is 7.22. The number of para-hydroxylation sites is 1. The van der Waals surface area contributed by atoms with Crippen molar-refractivity contribution in [1.82, 2.24) is 9.55 Å². The van der Waals surface area contributed by atoms with Crippen LogP contribution < -0.4 is 14.9 Å². The molecule has 0 amide bonds. The third-order valence-electron chi connectivity index (χ3n) is 5.99. The predicted molar refractivity (Wildman–Crippen MR) is 139 cm³/mol. The van der Waals surface area contributed by atoms with E-state index in [4.69, 9.17) is 16.3 Å². The second-order valence-electron chi connectivity index (χ2n) is 8.80. The molecule has 8 heteroatoms. The lowest BCUT2D eigenvalue weighted by Crippen LogP contribution is -2.40. The Morgan fingerprint density at radius 1 is 1.17 bits per heavy atom. The maximum Gasteiger partial charge on any atom is 0.338 e. The summed E-state index contributed by atoms with van der Waals surface area (Å²) in [6.45, 7) is 7.36. The highest BCUT2D eigenvalue weighted by molar-refractivity contribution is 7.07. The van der Waals surface area contributed by atoms with Gasteiger partial charge < -0.3 is 9.72 Å². The van der Waals surface area contributed by atoms with E-state index in [2.05, 4.69) is 9.98 Å². The van der Waals surface area contributed by atoms with Crippen LogP contribution in [0.25, 0.3) is 17.0 Å². The number of nitrogens with zero attached hydrogens (tertiary/aromatic N) is 2. The third kappa shape index (κ3) is 4.15. The monoisotopic (exact) mass is 505 g/mol. The van der Waals surface area contributed by atoms with Crippen molar-refractivity contribution in [1.29, 1.82) is 0 Å². The normalized spacial score (nSPS) is 16.1. The number of nitrogens with one attached hydrogen (secondary N) is 1. The number of carbonyl (C=O) groups excluding carboxylic acids is 1. The molecular weight excluding hydrogens is 482 g/mol. The Morgan fingerprint density at radius 2 is 1.89 bits per heavy atom. The Hall–Kier alpha value is -3.42. The van der Waals surface area contributed by atoms with Crippen molar-refractivity contribution in [3.63, 3.8) is 0 Å². The Morgan fingerprint density at radius 3 is 2.60 bits per heavy atom. The second kappa shape index (κ2) is 8.98. The number of carbonyl (C=O) groups is 1. The van der Waals surface area contributed by atoms with E-state index in [9.17, 15) is 9.59 Å². The average Bonchev–Trinajstić information content (AvgIpc) is 3.29. The minimum Gasteiger partial charge on any atom is -0.459 e. The first-order valence-corrected chi connectivity index (χ1v) is 12.5. The smallest absolute Gasteiger partial charge is 0.338 e. The molecule has 1 aliphatic heterocycles. The lowest BCUT2D eigenvalue weighted by Gasteiger charge is -2.25. The van der Waals surface area contributed by atoms with Gasteiger partial charge in [-0.05, 0) is 57.5 Å².